The lowest BCUT2D eigenvalue weighted by Gasteiger charge is -2.31. The fraction of sp³-hybridized carbons (Fsp3) is 0.625. The van der Waals surface area contributed by atoms with E-state index in [9.17, 15) is 0 Å². The molecule has 5 heteroatoms. The minimum absolute atomic E-state index is 0.354. The quantitative estimate of drug-likeness (QED) is 0.919. The molecule has 0 saturated heterocycles. The molecule has 1 unspecified atom stereocenters. The third-order valence-corrected chi connectivity index (χ3v) is 4.71. The van der Waals surface area contributed by atoms with Crippen molar-refractivity contribution in [2.45, 2.75) is 51.6 Å². The van der Waals surface area contributed by atoms with E-state index in [1.54, 1.807) is 0 Å². The van der Waals surface area contributed by atoms with Crippen LogP contribution in [0.4, 0.5) is 0 Å². The fourth-order valence-electron chi connectivity index (χ4n) is 3.51. The summed E-state index contributed by atoms with van der Waals surface area (Å²) in [6.07, 6.45) is 14.5. The molecule has 1 atom stereocenters. The summed E-state index contributed by atoms with van der Waals surface area (Å²) in [4.78, 5) is 4.37. The van der Waals surface area contributed by atoms with Crippen molar-refractivity contribution in [1.82, 2.24) is 19.3 Å². The van der Waals surface area contributed by atoms with E-state index < -0.39 is 0 Å². The average Bonchev–Trinajstić information content (AvgIpc) is 3.17. The molecule has 0 spiro atoms. The zero-order chi connectivity index (χ0) is 14.7. The van der Waals surface area contributed by atoms with Gasteiger partial charge in [-0.05, 0) is 25.7 Å². The molecule has 114 valence electrons. The highest BCUT2D eigenvalue weighted by molar-refractivity contribution is 5.56. The SMILES string of the molecule is CCn1cc(-c2cncn2C(CN)C2CCCCC2)cn1. The maximum Gasteiger partial charge on any atom is 0.0954 e. The highest BCUT2D eigenvalue weighted by Gasteiger charge is 2.25. The van der Waals surface area contributed by atoms with Crippen molar-refractivity contribution in [1.29, 1.82) is 0 Å². The summed E-state index contributed by atoms with van der Waals surface area (Å²) >= 11 is 0. The second-order valence-electron chi connectivity index (χ2n) is 5.97. The summed E-state index contributed by atoms with van der Waals surface area (Å²) in [6, 6.07) is 0.354. The number of rotatable bonds is 5. The first-order chi connectivity index (χ1) is 10.3. The third kappa shape index (κ3) is 2.88. The summed E-state index contributed by atoms with van der Waals surface area (Å²) in [5.74, 6) is 0.679. The van der Waals surface area contributed by atoms with Crippen molar-refractivity contribution in [2.75, 3.05) is 6.54 Å². The maximum atomic E-state index is 6.10. The van der Waals surface area contributed by atoms with Gasteiger partial charge in [0.15, 0.2) is 0 Å². The van der Waals surface area contributed by atoms with Crippen molar-refractivity contribution in [3.63, 3.8) is 0 Å². The molecule has 2 aromatic rings. The van der Waals surface area contributed by atoms with Gasteiger partial charge in [-0.25, -0.2) is 4.98 Å². The largest absolute Gasteiger partial charge is 0.328 e. The van der Waals surface area contributed by atoms with E-state index in [1.165, 1.54) is 32.1 Å². The molecule has 0 bridgehead atoms. The first-order valence-electron chi connectivity index (χ1n) is 8.08. The van der Waals surface area contributed by atoms with Crippen LogP contribution in [-0.2, 0) is 6.54 Å². The lowest BCUT2D eigenvalue weighted by atomic mass is 9.83. The smallest absolute Gasteiger partial charge is 0.0954 e. The summed E-state index contributed by atoms with van der Waals surface area (Å²) < 4.78 is 4.22. The van der Waals surface area contributed by atoms with Crippen LogP contribution in [0.25, 0.3) is 11.3 Å². The summed E-state index contributed by atoms with van der Waals surface area (Å²) in [7, 11) is 0. The summed E-state index contributed by atoms with van der Waals surface area (Å²) in [5, 5.41) is 4.37. The lowest BCUT2D eigenvalue weighted by Crippen LogP contribution is -2.28. The molecular formula is C16H25N5. The molecule has 0 aromatic carbocycles. The standard InChI is InChI=1S/C16H25N5/c1-2-20-11-14(9-19-20)16-10-18-12-21(16)15(8-17)13-6-4-3-5-7-13/h9-13,15H,2-8,17H2,1H3. The molecule has 2 heterocycles. The Morgan fingerprint density at radius 2 is 2.10 bits per heavy atom. The van der Waals surface area contributed by atoms with Gasteiger partial charge >= 0.3 is 0 Å². The number of aryl methyl sites for hydroxylation is 1. The molecule has 1 aliphatic carbocycles. The Balaban J connectivity index is 1.89. The first-order valence-corrected chi connectivity index (χ1v) is 8.08. The first kappa shape index (κ1) is 14.3. The van der Waals surface area contributed by atoms with Crippen LogP contribution in [0.2, 0.25) is 0 Å². The van der Waals surface area contributed by atoms with E-state index in [4.69, 9.17) is 5.73 Å². The van der Waals surface area contributed by atoms with Gasteiger partial charge in [0.25, 0.3) is 0 Å². The second-order valence-corrected chi connectivity index (χ2v) is 5.97. The molecule has 5 nitrogen and oxygen atoms in total. The van der Waals surface area contributed by atoms with Gasteiger partial charge in [-0.1, -0.05) is 19.3 Å². The molecule has 3 rings (SSSR count). The van der Waals surface area contributed by atoms with Crippen molar-refractivity contribution in [2.24, 2.45) is 11.7 Å². The molecule has 0 radical (unpaired) electrons. The number of aromatic nitrogens is 4. The fourth-order valence-corrected chi connectivity index (χ4v) is 3.51. The van der Waals surface area contributed by atoms with Crippen LogP contribution >= 0.6 is 0 Å². The molecule has 1 fully saturated rings. The zero-order valence-electron chi connectivity index (χ0n) is 12.8. The molecule has 2 aromatic heterocycles. The minimum Gasteiger partial charge on any atom is -0.328 e. The number of hydrogen-bond acceptors (Lipinski definition) is 3. The van der Waals surface area contributed by atoms with Crippen LogP contribution < -0.4 is 5.73 Å². The molecule has 0 amide bonds. The Morgan fingerprint density at radius 1 is 1.29 bits per heavy atom. The maximum absolute atomic E-state index is 6.10. The van der Waals surface area contributed by atoms with Crippen LogP contribution in [0.5, 0.6) is 0 Å². The number of hydrogen-bond donors (Lipinski definition) is 1. The molecule has 2 N–H and O–H groups in total. The van der Waals surface area contributed by atoms with Crippen LogP contribution in [0.15, 0.2) is 24.9 Å². The van der Waals surface area contributed by atoms with Crippen LogP contribution in [-0.4, -0.2) is 25.9 Å². The van der Waals surface area contributed by atoms with Gasteiger partial charge in [-0.15, -0.1) is 0 Å². The monoisotopic (exact) mass is 287 g/mol. The highest BCUT2D eigenvalue weighted by Crippen LogP contribution is 2.34. The van der Waals surface area contributed by atoms with Crippen molar-refractivity contribution in [3.8, 4) is 11.3 Å². The van der Waals surface area contributed by atoms with Crippen molar-refractivity contribution in [3.05, 3.63) is 24.9 Å². The van der Waals surface area contributed by atoms with Gasteiger partial charge in [0.2, 0.25) is 0 Å². The Morgan fingerprint density at radius 3 is 2.76 bits per heavy atom. The highest BCUT2D eigenvalue weighted by atomic mass is 15.3. The van der Waals surface area contributed by atoms with E-state index in [0.29, 0.717) is 18.5 Å². The molecular weight excluding hydrogens is 262 g/mol. The summed E-state index contributed by atoms with van der Waals surface area (Å²) in [5.41, 5.74) is 8.37. The molecule has 0 aliphatic heterocycles. The van der Waals surface area contributed by atoms with Crippen molar-refractivity contribution >= 4 is 0 Å². The molecule has 1 saturated carbocycles. The van der Waals surface area contributed by atoms with Crippen molar-refractivity contribution < 1.29 is 0 Å². The van der Waals surface area contributed by atoms with E-state index in [0.717, 1.165) is 17.8 Å². The van der Waals surface area contributed by atoms with E-state index in [2.05, 4.69) is 27.8 Å². The van der Waals surface area contributed by atoms with Gasteiger partial charge < -0.3 is 10.3 Å². The van der Waals surface area contributed by atoms with Gasteiger partial charge in [-0.3, -0.25) is 4.68 Å². The number of nitrogens with two attached hydrogens (primary N) is 1. The third-order valence-electron chi connectivity index (χ3n) is 4.71. The predicted molar refractivity (Wildman–Crippen MR) is 83.8 cm³/mol. The van der Waals surface area contributed by atoms with Crippen LogP contribution in [0.3, 0.4) is 0 Å². The number of nitrogens with zero attached hydrogens (tertiary/aromatic N) is 4. The van der Waals surface area contributed by atoms with E-state index in [-0.39, 0.29) is 0 Å². The Bertz CT molecular complexity index is 565. The average molecular weight is 287 g/mol. The Kier molecular flexibility index (Phi) is 4.39. The minimum atomic E-state index is 0.354. The Labute approximate surface area is 126 Å². The van der Waals surface area contributed by atoms with Crippen LogP contribution in [0.1, 0.15) is 45.1 Å². The predicted octanol–water partition coefficient (Wildman–Crippen LogP) is 2.85. The van der Waals surface area contributed by atoms with Crippen LogP contribution in [0, 0.1) is 5.92 Å². The lowest BCUT2D eigenvalue weighted by molar-refractivity contribution is 0.255. The normalized spacial score (nSPS) is 18.0. The van der Waals surface area contributed by atoms with E-state index >= 15 is 0 Å². The van der Waals surface area contributed by atoms with Gasteiger partial charge in [-0.2, -0.15) is 5.10 Å². The molecule has 1 aliphatic rings. The summed E-state index contributed by atoms with van der Waals surface area (Å²) in [6.45, 7) is 3.66. The second kappa shape index (κ2) is 6.43. The van der Waals surface area contributed by atoms with Gasteiger partial charge in [0.1, 0.15) is 0 Å². The zero-order valence-corrected chi connectivity index (χ0v) is 12.8. The number of imidazole rings is 1. The van der Waals surface area contributed by atoms with E-state index in [1.807, 2.05) is 23.4 Å². The van der Waals surface area contributed by atoms with Gasteiger partial charge in [0.05, 0.1) is 30.5 Å². The topological polar surface area (TPSA) is 61.7 Å². The Hall–Kier alpha value is -1.62. The molecule has 21 heavy (non-hydrogen) atoms. The van der Waals surface area contributed by atoms with Gasteiger partial charge in [0, 0.05) is 24.8 Å².